The third-order valence-corrected chi connectivity index (χ3v) is 3.06. The van der Waals surface area contributed by atoms with E-state index in [-0.39, 0.29) is 18.6 Å². The molecule has 0 saturated heterocycles. The molecule has 0 aliphatic rings. The van der Waals surface area contributed by atoms with Gasteiger partial charge in [0.2, 0.25) is 5.91 Å². The summed E-state index contributed by atoms with van der Waals surface area (Å²) in [6, 6.07) is 4.05. The fourth-order valence-corrected chi connectivity index (χ4v) is 2.02. The molecule has 0 aliphatic carbocycles. The Hall–Kier alpha value is -0.870. The lowest BCUT2D eigenvalue weighted by molar-refractivity contribution is -0.137. The van der Waals surface area contributed by atoms with E-state index in [4.69, 9.17) is 4.74 Å². The molecule has 90 valence electrons. The normalized spacial score (nSPS) is 10.8. The van der Waals surface area contributed by atoms with Crippen molar-refractivity contribution in [2.45, 2.75) is 33.4 Å². The number of ether oxygens (including phenoxy) is 1. The van der Waals surface area contributed by atoms with Gasteiger partial charge in [-0.1, -0.05) is 6.07 Å². The summed E-state index contributed by atoms with van der Waals surface area (Å²) < 4.78 is 5.32. The second-order valence-electron chi connectivity index (χ2n) is 3.85. The van der Waals surface area contributed by atoms with Crippen molar-refractivity contribution in [2.75, 3.05) is 13.2 Å². The molecule has 1 amide bonds. The van der Waals surface area contributed by atoms with Crippen LogP contribution in [0.1, 0.15) is 25.6 Å². The molecule has 1 aromatic heterocycles. The maximum absolute atomic E-state index is 11.8. The van der Waals surface area contributed by atoms with Crippen LogP contribution in [0.4, 0.5) is 0 Å². The van der Waals surface area contributed by atoms with Crippen molar-refractivity contribution in [3.63, 3.8) is 0 Å². The molecule has 0 radical (unpaired) electrons. The SMILES string of the molecule is CCN(Cc1cccs1)C(=O)COC(C)C. The number of carbonyl (C=O) groups excluding carboxylic acids is 1. The van der Waals surface area contributed by atoms with Crippen LogP contribution in [-0.4, -0.2) is 30.1 Å². The Morgan fingerprint density at radius 1 is 1.56 bits per heavy atom. The Labute approximate surface area is 101 Å². The molecule has 4 heteroatoms. The minimum Gasteiger partial charge on any atom is -0.369 e. The lowest BCUT2D eigenvalue weighted by Crippen LogP contribution is -2.33. The molecule has 3 nitrogen and oxygen atoms in total. The fraction of sp³-hybridized carbons (Fsp3) is 0.583. The average molecular weight is 241 g/mol. The lowest BCUT2D eigenvalue weighted by atomic mass is 10.4. The van der Waals surface area contributed by atoms with Gasteiger partial charge in [0, 0.05) is 11.4 Å². The second kappa shape index (κ2) is 6.66. The van der Waals surface area contributed by atoms with Crippen LogP contribution in [-0.2, 0) is 16.1 Å². The summed E-state index contributed by atoms with van der Waals surface area (Å²) in [5.74, 6) is 0.0598. The molecule has 0 bridgehead atoms. The van der Waals surface area contributed by atoms with E-state index in [1.165, 1.54) is 4.88 Å². The van der Waals surface area contributed by atoms with Crippen LogP contribution in [0.25, 0.3) is 0 Å². The van der Waals surface area contributed by atoms with E-state index in [0.717, 1.165) is 6.54 Å². The predicted octanol–water partition coefficient (Wildman–Crippen LogP) is 2.52. The van der Waals surface area contributed by atoms with Crippen molar-refractivity contribution >= 4 is 17.2 Å². The molecule has 0 N–H and O–H groups in total. The van der Waals surface area contributed by atoms with Crippen molar-refractivity contribution in [1.82, 2.24) is 4.90 Å². The van der Waals surface area contributed by atoms with Gasteiger partial charge in [-0.2, -0.15) is 0 Å². The summed E-state index contributed by atoms with van der Waals surface area (Å²) in [6.07, 6.45) is 0.101. The summed E-state index contributed by atoms with van der Waals surface area (Å²) in [4.78, 5) is 14.8. The Bertz CT molecular complexity index is 309. The Morgan fingerprint density at radius 3 is 2.81 bits per heavy atom. The molecule has 0 spiro atoms. The third kappa shape index (κ3) is 4.33. The summed E-state index contributed by atoms with van der Waals surface area (Å²) in [7, 11) is 0. The first-order chi connectivity index (χ1) is 7.63. The maximum Gasteiger partial charge on any atom is 0.248 e. The molecular weight excluding hydrogens is 222 g/mol. The first kappa shape index (κ1) is 13.2. The molecule has 0 aliphatic heterocycles. The largest absolute Gasteiger partial charge is 0.369 e. The van der Waals surface area contributed by atoms with Gasteiger partial charge in [0.1, 0.15) is 6.61 Å². The molecule has 0 unspecified atom stereocenters. The van der Waals surface area contributed by atoms with Crippen molar-refractivity contribution in [2.24, 2.45) is 0 Å². The molecule has 0 aromatic carbocycles. The van der Waals surface area contributed by atoms with E-state index in [9.17, 15) is 4.79 Å². The Morgan fingerprint density at radius 2 is 2.31 bits per heavy atom. The van der Waals surface area contributed by atoms with Crippen LogP contribution in [0.2, 0.25) is 0 Å². The van der Waals surface area contributed by atoms with Gasteiger partial charge in [-0.3, -0.25) is 4.79 Å². The molecule has 16 heavy (non-hydrogen) atoms. The zero-order valence-corrected chi connectivity index (χ0v) is 10.9. The number of likely N-dealkylation sites (N-methyl/N-ethyl adjacent to an activating group) is 1. The zero-order chi connectivity index (χ0) is 12.0. The Balaban J connectivity index is 2.44. The van der Waals surface area contributed by atoms with Crippen LogP contribution < -0.4 is 0 Å². The van der Waals surface area contributed by atoms with E-state index in [1.807, 2.05) is 43.2 Å². The minimum atomic E-state index is 0.0598. The monoisotopic (exact) mass is 241 g/mol. The average Bonchev–Trinajstić information content (AvgIpc) is 2.75. The van der Waals surface area contributed by atoms with Gasteiger partial charge in [-0.15, -0.1) is 11.3 Å². The van der Waals surface area contributed by atoms with Crippen molar-refractivity contribution in [3.05, 3.63) is 22.4 Å². The van der Waals surface area contributed by atoms with Crippen LogP contribution in [0.3, 0.4) is 0 Å². The highest BCUT2D eigenvalue weighted by Gasteiger charge is 2.13. The highest BCUT2D eigenvalue weighted by Crippen LogP contribution is 2.11. The standard InChI is InChI=1S/C12H19NO2S/c1-4-13(8-11-6-5-7-16-11)12(14)9-15-10(2)3/h5-7,10H,4,8-9H2,1-3H3. The predicted molar refractivity (Wildman–Crippen MR) is 66.5 cm³/mol. The number of hydrogen-bond donors (Lipinski definition) is 0. The molecule has 1 rings (SSSR count). The van der Waals surface area contributed by atoms with Crippen LogP contribution in [0.15, 0.2) is 17.5 Å². The van der Waals surface area contributed by atoms with Crippen LogP contribution >= 0.6 is 11.3 Å². The van der Waals surface area contributed by atoms with E-state index in [1.54, 1.807) is 11.3 Å². The molecule has 1 aromatic rings. The molecule has 0 atom stereocenters. The molecular formula is C12H19NO2S. The summed E-state index contributed by atoms with van der Waals surface area (Å²) in [6.45, 7) is 7.44. The van der Waals surface area contributed by atoms with Crippen molar-refractivity contribution in [1.29, 1.82) is 0 Å². The lowest BCUT2D eigenvalue weighted by Gasteiger charge is -2.20. The van der Waals surface area contributed by atoms with Gasteiger partial charge in [0.05, 0.1) is 12.6 Å². The highest BCUT2D eigenvalue weighted by molar-refractivity contribution is 7.09. The zero-order valence-electron chi connectivity index (χ0n) is 10.1. The van der Waals surface area contributed by atoms with Crippen molar-refractivity contribution < 1.29 is 9.53 Å². The van der Waals surface area contributed by atoms with Crippen LogP contribution in [0, 0.1) is 0 Å². The van der Waals surface area contributed by atoms with Crippen LogP contribution in [0.5, 0.6) is 0 Å². The fourth-order valence-electron chi connectivity index (χ4n) is 1.30. The van der Waals surface area contributed by atoms with Crippen molar-refractivity contribution in [3.8, 4) is 0 Å². The van der Waals surface area contributed by atoms with Gasteiger partial charge in [0.15, 0.2) is 0 Å². The number of nitrogens with zero attached hydrogens (tertiary/aromatic N) is 1. The van der Waals surface area contributed by atoms with E-state index >= 15 is 0 Å². The number of rotatable bonds is 6. The van der Waals surface area contributed by atoms with Gasteiger partial charge in [-0.25, -0.2) is 0 Å². The first-order valence-corrected chi connectivity index (χ1v) is 6.43. The van der Waals surface area contributed by atoms with E-state index in [0.29, 0.717) is 6.54 Å². The number of hydrogen-bond acceptors (Lipinski definition) is 3. The van der Waals surface area contributed by atoms with E-state index < -0.39 is 0 Å². The molecule has 1 heterocycles. The molecule has 0 fully saturated rings. The van der Waals surface area contributed by atoms with Gasteiger partial charge < -0.3 is 9.64 Å². The quantitative estimate of drug-likeness (QED) is 0.766. The maximum atomic E-state index is 11.8. The minimum absolute atomic E-state index is 0.0598. The first-order valence-electron chi connectivity index (χ1n) is 5.55. The smallest absolute Gasteiger partial charge is 0.248 e. The number of carbonyl (C=O) groups is 1. The Kier molecular flexibility index (Phi) is 5.49. The summed E-state index contributed by atoms with van der Waals surface area (Å²) in [5, 5.41) is 2.03. The van der Waals surface area contributed by atoms with Gasteiger partial charge >= 0.3 is 0 Å². The van der Waals surface area contributed by atoms with E-state index in [2.05, 4.69) is 0 Å². The second-order valence-corrected chi connectivity index (χ2v) is 4.88. The summed E-state index contributed by atoms with van der Waals surface area (Å²) in [5.41, 5.74) is 0. The number of thiophene rings is 1. The molecule has 0 saturated carbocycles. The summed E-state index contributed by atoms with van der Waals surface area (Å²) >= 11 is 1.67. The van der Waals surface area contributed by atoms with Gasteiger partial charge in [-0.05, 0) is 32.2 Å². The third-order valence-electron chi connectivity index (χ3n) is 2.20. The highest BCUT2D eigenvalue weighted by atomic mass is 32.1. The van der Waals surface area contributed by atoms with Gasteiger partial charge in [0.25, 0.3) is 0 Å². The topological polar surface area (TPSA) is 29.5 Å². The number of amides is 1.